The Morgan fingerprint density at radius 3 is 2.16 bits per heavy atom. The third kappa shape index (κ3) is 4.55. The van der Waals surface area contributed by atoms with Gasteiger partial charge in [-0.3, -0.25) is 14.4 Å². The first-order chi connectivity index (χ1) is 20.6. The van der Waals surface area contributed by atoms with E-state index in [0.717, 1.165) is 64.2 Å². The van der Waals surface area contributed by atoms with Crippen molar-refractivity contribution in [2.45, 2.75) is 144 Å². The molecule has 4 unspecified atom stereocenters. The Kier molecular flexibility index (Phi) is 8.09. The molecule has 0 aromatic heterocycles. The molecule has 10 atom stereocenters. The van der Waals surface area contributed by atoms with Gasteiger partial charge in [0.1, 0.15) is 12.6 Å². The van der Waals surface area contributed by atoms with Gasteiger partial charge >= 0.3 is 11.9 Å². The summed E-state index contributed by atoms with van der Waals surface area (Å²) in [7, 11) is 0. The summed E-state index contributed by atoms with van der Waals surface area (Å²) in [6.07, 6.45) is 15.1. The standard InChI is InChI=1S/C38H61NO5/c1-23(2)25-14-19-38(33(43)39-22-30(40)41)21-20-36(6)26(31(25)38)12-13-28-35(5)17-16-29(44-32(42)24-10-8-9-11-24)34(3,4)27(35)15-18-37(28,36)7/h23-29,31H,8-22H2,1-7H3,(H,39,43)(H,40,41)/t25-,26?,27?,28?,29+,31?,35-,36+,37+,38-/m0/s1. The second-order valence-electron chi connectivity index (χ2n) is 18.1. The Labute approximate surface area is 266 Å². The molecule has 1 amide bonds. The van der Waals surface area contributed by atoms with Crippen molar-refractivity contribution in [3.8, 4) is 0 Å². The molecular weight excluding hydrogens is 550 g/mol. The van der Waals surface area contributed by atoms with Crippen LogP contribution in [0.5, 0.6) is 0 Å². The molecule has 6 heteroatoms. The minimum absolute atomic E-state index is 0.00488. The van der Waals surface area contributed by atoms with Crippen molar-refractivity contribution in [1.29, 1.82) is 0 Å². The van der Waals surface area contributed by atoms with E-state index < -0.39 is 11.4 Å². The second-order valence-corrected chi connectivity index (χ2v) is 18.1. The van der Waals surface area contributed by atoms with Gasteiger partial charge in [0, 0.05) is 5.41 Å². The van der Waals surface area contributed by atoms with E-state index in [9.17, 15) is 19.5 Å². The number of carbonyl (C=O) groups is 3. The SMILES string of the molecule is CC(C)[C@@H]1CC[C@]2(C(=O)NCC(=O)O)CC[C@]3(C)C(CCC4[C@@]5(C)CC[C@@H](OC(=O)C6CCCC6)C(C)(C)C5CC[C@]43C)C12. The number of hydrogen-bond donors (Lipinski definition) is 2. The first-order valence-corrected chi connectivity index (χ1v) is 18.3. The van der Waals surface area contributed by atoms with Crippen molar-refractivity contribution in [2.24, 2.45) is 68.5 Å². The van der Waals surface area contributed by atoms with Crippen LogP contribution in [0.1, 0.15) is 138 Å². The van der Waals surface area contributed by atoms with Crippen LogP contribution in [0.3, 0.4) is 0 Å². The smallest absolute Gasteiger partial charge is 0.322 e. The predicted octanol–water partition coefficient (Wildman–Crippen LogP) is 8.03. The molecule has 6 nitrogen and oxygen atoms in total. The van der Waals surface area contributed by atoms with Crippen LogP contribution >= 0.6 is 0 Å². The Morgan fingerprint density at radius 2 is 1.50 bits per heavy atom. The summed E-state index contributed by atoms with van der Waals surface area (Å²) in [5, 5.41) is 12.2. The number of carboxylic acid groups (broad SMARTS) is 1. The quantitative estimate of drug-likeness (QED) is 0.297. The summed E-state index contributed by atoms with van der Waals surface area (Å²) in [5.74, 6) is 2.19. The molecule has 0 radical (unpaired) electrons. The van der Waals surface area contributed by atoms with Crippen molar-refractivity contribution in [1.82, 2.24) is 5.32 Å². The lowest BCUT2D eigenvalue weighted by molar-refractivity contribution is -0.250. The Bertz CT molecular complexity index is 1160. The highest BCUT2D eigenvalue weighted by molar-refractivity contribution is 5.86. The molecule has 0 aliphatic heterocycles. The Balaban J connectivity index is 1.28. The summed E-state index contributed by atoms with van der Waals surface area (Å²) in [6, 6.07) is 0. The predicted molar refractivity (Wildman–Crippen MR) is 171 cm³/mol. The van der Waals surface area contributed by atoms with Crippen LogP contribution in [0.25, 0.3) is 0 Å². The van der Waals surface area contributed by atoms with E-state index in [1.54, 1.807) is 0 Å². The van der Waals surface area contributed by atoms with Gasteiger partial charge in [0.05, 0.1) is 11.3 Å². The normalized spacial score (nSPS) is 46.4. The summed E-state index contributed by atoms with van der Waals surface area (Å²) in [4.78, 5) is 38.5. The summed E-state index contributed by atoms with van der Waals surface area (Å²) in [5.41, 5.74) is 0.0822. The van der Waals surface area contributed by atoms with Crippen molar-refractivity contribution in [3.05, 3.63) is 0 Å². The fourth-order valence-corrected chi connectivity index (χ4v) is 13.7. The van der Waals surface area contributed by atoms with E-state index in [1.807, 2.05) is 0 Å². The van der Waals surface area contributed by atoms with Gasteiger partial charge in [0.25, 0.3) is 0 Å². The van der Waals surface area contributed by atoms with Gasteiger partial charge < -0.3 is 15.2 Å². The molecule has 6 rings (SSSR count). The number of carboxylic acids is 1. The minimum atomic E-state index is -0.964. The maximum atomic E-state index is 13.9. The first-order valence-electron chi connectivity index (χ1n) is 18.3. The number of aliphatic carboxylic acids is 1. The van der Waals surface area contributed by atoms with Crippen LogP contribution in [0.4, 0.5) is 0 Å². The molecule has 0 saturated heterocycles. The summed E-state index contributed by atoms with van der Waals surface area (Å²) >= 11 is 0. The van der Waals surface area contributed by atoms with Gasteiger partial charge in [-0.1, -0.05) is 61.3 Å². The third-order valence-electron chi connectivity index (χ3n) is 16.1. The minimum Gasteiger partial charge on any atom is -0.480 e. The lowest BCUT2D eigenvalue weighted by Gasteiger charge is -2.73. The van der Waals surface area contributed by atoms with Crippen molar-refractivity contribution in [2.75, 3.05) is 6.54 Å². The lowest BCUT2D eigenvalue weighted by Crippen LogP contribution is -2.67. The number of esters is 1. The van der Waals surface area contributed by atoms with E-state index in [0.29, 0.717) is 35.5 Å². The number of nitrogens with one attached hydrogen (secondary N) is 1. The zero-order valence-corrected chi connectivity index (χ0v) is 28.8. The van der Waals surface area contributed by atoms with E-state index in [4.69, 9.17) is 4.74 Å². The van der Waals surface area contributed by atoms with Gasteiger partial charge in [-0.25, -0.2) is 0 Å². The van der Waals surface area contributed by atoms with Gasteiger partial charge in [-0.2, -0.15) is 0 Å². The number of rotatable bonds is 6. The number of carbonyl (C=O) groups excluding carboxylic acids is 2. The lowest BCUT2D eigenvalue weighted by atomic mass is 9.32. The fraction of sp³-hybridized carbons (Fsp3) is 0.921. The number of ether oxygens (including phenoxy) is 1. The largest absolute Gasteiger partial charge is 0.480 e. The van der Waals surface area contributed by atoms with Crippen molar-refractivity contribution < 1.29 is 24.2 Å². The average molecular weight is 612 g/mol. The van der Waals surface area contributed by atoms with E-state index in [2.05, 4.69) is 53.8 Å². The molecule has 6 aliphatic carbocycles. The number of fused-ring (bicyclic) bond motifs is 7. The zero-order valence-electron chi connectivity index (χ0n) is 28.8. The number of amides is 1. The molecule has 0 spiro atoms. The zero-order chi connectivity index (χ0) is 31.9. The van der Waals surface area contributed by atoms with Crippen LogP contribution in [-0.2, 0) is 19.1 Å². The molecule has 2 N–H and O–H groups in total. The van der Waals surface area contributed by atoms with Crippen LogP contribution in [0, 0.1) is 68.5 Å². The first kappa shape index (κ1) is 32.4. The van der Waals surface area contributed by atoms with Crippen LogP contribution < -0.4 is 5.32 Å². The van der Waals surface area contributed by atoms with Crippen LogP contribution in [0.2, 0.25) is 0 Å². The second kappa shape index (κ2) is 11.0. The molecule has 6 aliphatic rings. The molecule has 44 heavy (non-hydrogen) atoms. The van der Waals surface area contributed by atoms with E-state index >= 15 is 0 Å². The maximum absolute atomic E-state index is 13.9. The molecule has 0 heterocycles. The van der Waals surface area contributed by atoms with E-state index in [1.165, 1.54) is 25.7 Å². The highest BCUT2D eigenvalue weighted by Crippen LogP contribution is 2.77. The van der Waals surface area contributed by atoms with Gasteiger partial charge in [0.2, 0.25) is 5.91 Å². The van der Waals surface area contributed by atoms with Crippen molar-refractivity contribution in [3.63, 3.8) is 0 Å². The molecule has 0 aromatic carbocycles. The third-order valence-corrected chi connectivity index (χ3v) is 16.1. The Morgan fingerprint density at radius 1 is 0.795 bits per heavy atom. The highest BCUT2D eigenvalue weighted by Gasteiger charge is 2.72. The highest BCUT2D eigenvalue weighted by atomic mass is 16.5. The summed E-state index contributed by atoms with van der Waals surface area (Å²) < 4.78 is 6.39. The fourth-order valence-electron chi connectivity index (χ4n) is 13.7. The molecule has 6 fully saturated rings. The molecule has 0 bridgehead atoms. The molecular formula is C38H61NO5. The Hall–Kier alpha value is -1.59. The van der Waals surface area contributed by atoms with Crippen LogP contribution in [-0.4, -0.2) is 35.6 Å². The average Bonchev–Trinajstić information content (AvgIpc) is 3.63. The summed E-state index contributed by atoms with van der Waals surface area (Å²) in [6.45, 7) is 17.0. The van der Waals surface area contributed by atoms with Gasteiger partial charge in [-0.05, 0) is 129 Å². The number of hydrogen-bond acceptors (Lipinski definition) is 4. The maximum Gasteiger partial charge on any atom is 0.322 e. The van der Waals surface area contributed by atoms with Gasteiger partial charge in [-0.15, -0.1) is 0 Å². The van der Waals surface area contributed by atoms with Crippen LogP contribution in [0.15, 0.2) is 0 Å². The molecule has 6 saturated carbocycles. The molecule has 0 aromatic rings. The monoisotopic (exact) mass is 611 g/mol. The molecule has 248 valence electrons. The van der Waals surface area contributed by atoms with E-state index in [-0.39, 0.29) is 52.1 Å². The topological polar surface area (TPSA) is 92.7 Å². The van der Waals surface area contributed by atoms with Gasteiger partial charge in [0.15, 0.2) is 0 Å². The van der Waals surface area contributed by atoms with Crippen molar-refractivity contribution >= 4 is 17.8 Å².